The predicted octanol–water partition coefficient (Wildman–Crippen LogP) is 13.1. The maximum Gasteiger partial charge on any atom is 0.305 e. The van der Waals surface area contributed by atoms with Gasteiger partial charge in [0.2, 0.25) is 0 Å². The van der Waals surface area contributed by atoms with Gasteiger partial charge in [-0.2, -0.15) is 0 Å². The molecule has 0 N–H and O–H groups in total. The predicted molar refractivity (Wildman–Crippen MR) is 170 cm³/mol. The van der Waals surface area contributed by atoms with Crippen LogP contribution < -0.4 is 0 Å². The summed E-state index contributed by atoms with van der Waals surface area (Å²) >= 11 is 0. The minimum Gasteiger partial charge on any atom is -0.466 e. The highest BCUT2D eigenvalue weighted by Crippen LogP contribution is 2.15. The molecule has 228 valence electrons. The molecule has 0 aliphatic heterocycles. The van der Waals surface area contributed by atoms with Gasteiger partial charge in [-0.15, -0.1) is 0 Å². The van der Waals surface area contributed by atoms with Crippen LogP contribution in [-0.2, 0) is 9.53 Å². The van der Waals surface area contributed by atoms with Crippen molar-refractivity contribution in [2.24, 2.45) is 0 Å². The van der Waals surface area contributed by atoms with Crippen LogP contribution in [-0.4, -0.2) is 12.6 Å². The van der Waals surface area contributed by atoms with E-state index in [2.05, 4.69) is 13.8 Å². The summed E-state index contributed by atoms with van der Waals surface area (Å²) in [4.78, 5) is 11.9. The largest absolute Gasteiger partial charge is 0.466 e. The van der Waals surface area contributed by atoms with Gasteiger partial charge in [-0.05, 0) is 12.8 Å². The molecule has 0 spiro atoms. The van der Waals surface area contributed by atoms with Crippen molar-refractivity contribution in [1.82, 2.24) is 0 Å². The highest BCUT2D eigenvalue weighted by molar-refractivity contribution is 5.69. The van der Waals surface area contributed by atoms with E-state index in [1.807, 2.05) is 0 Å². The molecular weight excluding hydrogens is 464 g/mol. The summed E-state index contributed by atoms with van der Waals surface area (Å²) in [6.45, 7) is 5.21. The van der Waals surface area contributed by atoms with Crippen molar-refractivity contribution in [3.05, 3.63) is 0 Å². The molecule has 0 rings (SSSR count). The smallest absolute Gasteiger partial charge is 0.305 e. The number of esters is 1. The Balaban J connectivity index is 3.12. The highest BCUT2D eigenvalue weighted by Gasteiger charge is 2.03. The van der Waals surface area contributed by atoms with Crippen LogP contribution in [0.5, 0.6) is 0 Å². The van der Waals surface area contributed by atoms with E-state index in [4.69, 9.17) is 4.74 Å². The Hall–Kier alpha value is -0.530. The number of carbonyl (C=O) groups excluding carboxylic acids is 1. The number of hydrogen-bond acceptors (Lipinski definition) is 2. The summed E-state index contributed by atoms with van der Waals surface area (Å²) in [7, 11) is 0. The molecule has 38 heavy (non-hydrogen) atoms. The number of ether oxygens (including phenoxy) is 1. The van der Waals surface area contributed by atoms with Crippen LogP contribution in [0.15, 0.2) is 0 Å². The normalized spacial score (nSPS) is 11.3. The quantitative estimate of drug-likeness (QED) is 0.0615. The fourth-order valence-electron chi connectivity index (χ4n) is 5.55. The van der Waals surface area contributed by atoms with Crippen LogP contribution in [0.25, 0.3) is 0 Å². The molecule has 0 radical (unpaired) electrons. The van der Waals surface area contributed by atoms with Crippen molar-refractivity contribution >= 4 is 5.97 Å². The third-order valence-electron chi connectivity index (χ3n) is 8.25. The summed E-state index contributed by atoms with van der Waals surface area (Å²) in [5.74, 6) is 0.0266. The minimum atomic E-state index is 0.0266. The number of unbranched alkanes of at least 4 members (excludes halogenated alkanes) is 29. The first-order chi connectivity index (χ1) is 18.8. The second-order valence-electron chi connectivity index (χ2n) is 12.2. The standard InChI is InChI=1S/C36H72O2/c1-3-5-7-9-11-13-15-16-17-18-19-20-21-22-23-25-27-29-31-33-35-38-36(37)34-32-30-28-26-24-14-12-10-8-6-4-2/h3-35H2,1-2H3. The molecule has 0 bridgehead atoms. The van der Waals surface area contributed by atoms with Gasteiger partial charge in [0.15, 0.2) is 0 Å². The topological polar surface area (TPSA) is 26.3 Å². The zero-order valence-corrected chi connectivity index (χ0v) is 26.7. The lowest BCUT2D eigenvalue weighted by Gasteiger charge is -2.06. The maximum absolute atomic E-state index is 11.9. The second-order valence-corrected chi connectivity index (χ2v) is 12.2. The summed E-state index contributed by atoms with van der Waals surface area (Å²) in [5, 5.41) is 0. The molecule has 0 aromatic carbocycles. The summed E-state index contributed by atoms with van der Waals surface area (Å²) < 4.78 is 5.43. The Morgan fingerprint density at radius 3 is 0.868 bits per heavy atom. The van der Waals surface area contributed by atoms with Gasteiger partial charge in [0.05, 0.1) is 6.61 Å². The van der Waals surface area contributed by atoms with Crippen molar-refractivity contribution < 1.29 is 9.53 Å². The summed E-state index contributed by atoms with van der Waals surface area (Å²) in [6, 6.07) is 0. The highest BCUT2D eigenvalue weighted by atomic mass is 16.5. The van der Waals surface area contributed by atoms with Gasteiger partial charge in [-0.25, -0.2) is 0 Å². The first-order valence-corrected chi connectivity index (χ1v) is 18.0. The van der Waals surface area contributed by atoms with Gasteiger partial charge < -0.3 is 4.74 Å². The Kier molecular flexibility index (Phi) is 34.0. The average molecular weight is 537 g/mol. The molecule has 0 atom stereocenters. The lowest BCUT2D eigenvalue weighted by Crippen LogP contribution is -2.05. The lowest BCUT2D eigenvalue weighted by molar-refractivity contribution is -0.143. The summed E-state index contributed by atoms with van der Waals surface area (Å²) in [5.41, 5.74) is 0. The SMILES string of the molecule is CCCCCCCCCCCCCCCCCCCCCCOC(=O)CCCCCCCCCCCCC. The molecule has 0 saturated heterocycles. The molecule has 0 amide bonds. The number of carbonyl (C=O) groups is 1. The van der Waals surface area contributed by atoms with Crippen molar-refractivity contribution in [3.8, 4) is 0 Å². The van der Waals surface area contributed by atoms with Crippen LogP contribution in [0.1, 0.15) is 219 Å². The fraction of sp³-hybridized carbons (Fsp3) is 0.972. The van der Waals surface area contributed by atoms with Crippen molar-refractivity contribution in [2.75, 3.05) is 6.61 Å². The molecule has 0 fully saturated rings. The third-order valence-corrected chi connectivity index (χ3v) is 8.25. The van der Waals surface area contributed by atoms with Gasteiger partial charge in [0, 0.05) is 6.42 Å². The van der Waals surface area contributed by atoms with E-state index in [1.54, 1.807) is 0 Å². The van der Waals surface area contributed by atoms with E-state index >= 15 is 0 Å². The molecular formula is C36H72O2. The van der Waals surface area contributed by atoms with Crippen LogP contribution in [0, 0.1) is 0 Å². The summed E-state index contributed by atoms with van der Waals surface area (Å²) in [6.07, 6.45) is 43.1. The molecule has 0 unspecified atom stereocenters. The van der Waals surface area contributed by atoms with E-state index in [9.17, 15) is 4.79 Å². The van der Waals surface area contributed by atoms with Crippen LogP contribution in [0.2, 0.25) is 0 Å². The van der Waals surface area contributed by atoms with Crippen LogP contribution >= 0.6 is 0 Å². The van der Waals surface area contributed by atoms with Crippen molar-refractivity contribution in [3.63, 3.8) is 0 Å². The van der Waals surface area contributed by atoms with Gasteiger partial charge in [-0.1, -0.05) is 200 Å². The lowest BCUT2D eigenvalue weighted by atomic mass is 10.0. The van der Waals surface area contributed by atoms with Crippen molar-refractivity contribution in [2.45, 2.75) is 219 Å². The van der Waals surface area contributed by atoms with Crippen LogP contribution in [0.4, 0.5) is 0 Å². The first-order valence-electron chi connectivity index (χ1n) is 18.0. The van der Waals surface area contributed by atoms with E-state index < -0.39 is 0 Å². The molecule has 0 saturated carbocycles. The maximum atomic E-state index is 11.9. The fourth-order valence-corrected chi connectivity index (χ4v) is 5.55. The average Bonchev–Trinajstić information content (AvgIpc) is 2.92. The second kappa shape index (κ2) is 34.5. The molecule has 2 heteroatoms. The van der Waals surface area contributed by atoms with Gasteiger partial charge in [0.25, 0.3) is 0 Å². The zero-order valence-electron chi connectivity index (χ0n) is 26.7. The molecule has 0 aliphatic carbocycles. The minimum absolute atomic E-state index is 0.0266. The van der Waals surface area contributed by atoms with Crippen molar-refractivity contribution in [1.29, 1.82) is 0 Å². The van der Waals surface area contributed by atoms with Gasteiger partial charge >= 0.3 is 5.97 Å². The Morgan fingerprint density at radius 2 is 0.579 bits per heavy atom. The van der Waals surface area contributed by atoms with E-state index in [0.29, 0.717) is 13.0 Å². The Morgan fingerprint density at radius 1 is 0.342 bits per heavy atom. The van der Waals surface area contributed by atoms with E-state index in [-0.39, 0.29) is 5.97 Å². The number of hydrogen-bond donors (Lipinski definition) is 0. The van der Waals surface area contributed by atoms with E-state index in [1.165, 1.54) is 186 Å². The molecule has 0 heterocycles. The Bertz CT molecular complexity index is 433. The monoisotopic (exact) mass is 537 g/mol. The third kappa shape index (κ3) is 33.5. The molecule has 2 nitrogen and oxygen atoms in total. The molecule has 0 aromatic heterocycles. The van der Waals surface area contributed by atoms with Gasteiger partial charge in [-0.3, -0.25) is 4.79 Å². The molecule has 0 aromatic rings. The Labute approximate surface area is 241 Å². The van der Waals surface area contributed by atoms with E-state index in [0.717, 1.165) is 12.8 Å². The molecule has 0 aliphatic rings. The number of rotatable bonds is 33. The zero-order chi connectivity index (χ0) is 27.6. The van der Waals surface area contributed by atoms with Gasteiger partial charge in [0.1, 0.15) is 0 Å². The van der Waals surface area contributed by atoms with Crippen LogP contribution in [0.3, 0.4) is 0 Å². The first kappa shape index (κ1) is 37.5.